The highest BCUT2D eigenvalue weighted by molar-refractivity contribution is 8.01. The Bertz CT molecular complexity index is 466. The second kappa shape index (κ2) is 5.17. The molecule has 1 aromatic carbocycles. The first-order valence-electron chi connectivity index (χ1n) is 6.94. The van der Waals surface area contributed by atoms with E-state index in [1.807, 2.05) is 11.0 Å². The van der Waals surface area contributed by atoms with Gasteiger partial charge in [0.25, 0.3) is 0 Å². The summed E-state index contributed by atoms with van der Waals surface area (Å²) < 4.78 is 0. The third-order valence-electron chi connectivity index (χ3n) is 4.20. The quantitative estimate of drug-likeness (QED) is 0.897. The number of thioether (sulfide) groups is 1. The van der Waals surface area contributed by atoms with E-state index in [4.69, 9.17) is 5.73 Å². The van der Waals surface area contributed by atoms with Gasteiger partial charge in [0, 0.05) is 17.5 Å². The highest BCUT2D eigenvalue weighted by Crippen LogP contribution is 2.38. The van der Waals surface area contributed by atoms with Crippen LogP contribution in [0.4, 0.5) is 0 Å². The van der Waals surface area contributed by atoms with Gasteiger partial charge in [0.1, 0.15) is 0 Å². The highest BCUT2D eigenvalue weighted by atomic mass is 32.2. The van der Waals surface area contributed by atoms with Crippen LogP contribution in [-0.4, -0.2) is 35.2 Å². The Balaban J connectivity index is 1.70. The van der Waals surface area contributed by atoms with Crippen molar-refractivity contribution in [1.29, 1.82) is 0 Å². The topological polar surface area (TPSA) is 46.3 Å². The van der Waals surface area contributed by atoms with Gasteiger partial charge in [-0.15, -0.1) is 11.8 Å². The molecule has 3 rings (SSSR count). The Hall–Kier alpha value is -1.00. The largest absolute Gasteiger partial charge is 0.339 e. The Morgan fingerprint density at radius 2 is 2.26 bits per heavy atom. The summed E-state index contributed by atoms with van der Waals surface area (Å²) in [6.45, 7) is 3.66. The monoisotopic (exact) mass is 276 g/mol. The van der Waals surface area contributed by atoms with Crippen LogP contribution in [0.3, 0.4) is 0 Å². The number of hydrogen-bond donors (Lipinski definition) is 1. The summed E-state index contributed by atoms with van der Waals surface area (Å²) in [5.41, 5.74) is 7.05. The van der Waals surface area contributed by atoms with Crippen molar-refractivity contribution in [1.82, 2.24) is 4.90 Å². The minimum Gasteiger partial charge on any atom is -0.339 e. The van der Waals surface area contributed by atoms with Crippen molar-refractivity contribution in [2.24, 2.45) is 11.7 Å². The predicted molar refractivity (Wildman–Crippen MR) is 78.1 cm³/mol. The molecule has 102 valence electrons. The summed E-state index contributed by atoms with van der Waals surface area (Å²) >= 11 is 1.72. The van der Waals surface area contributed by atoms with E-state index in [9.17, 15) is 4.79 Å². The lowest BCUT2D eigenvalue weighted by atomic mass is 10.1. The SMILES string of the molecule is CC1CC(CN)CN1C(=O)C1Cc2ccccc2S1. The van der Waals surface area contributed by atoms with E-state index in [2.05, 4.69) is 25.1 Å². The third kappa shape index (κ3) is 2.39. The van der Waals surface area contributed by atoms with Crippen LogP contribution in [0.2, 0.25) is 0 Å². The molecule has 1 amide bonds. The summed E-state index contributed by atoms with van der Waals surface area (Å²) in [6.07, 6.45) is 1.92. The van der Waals surface area contributed by atoms with Crippen molar-refractivity contribution in [3.05, 3.63) is 29.8 Å². The number of hydrogen-bond acceptors (Lipinski definition) is 3. The van der Waals surface area contributed by atoms with Gasteiger partial charge in [0.15, 0.2) is 0 Å². The average Bonchev–Trinajstić information content (AvgIpc) is 3.01. The fourth-order valence-corrected chi connectivity index (χ4v) is 4.39. The first-order chi connectivity index (χ1) is 9.19. The molecule has 3 atom stereocenters. The maximum atomic E-state index is 12.7. The summed E-state index contributed by atoms with van der Waals surface area (Å²) in [5, 5.41) is 0.0661. The van der Waals surface area contributed by atoms with Gasteiger partial charge in [0.05, 0.1) is 5.25 Å². The van der Waals surface area contributed by atoms with Gasteiger partial charge in [0.2, 0.25) is 5.91 Å². The van der Waals surface area contributed by atoms with Gasteiger partial charge in [-0.25, -0.2) is 0 Å². The second-order valence-corrected chi connectivity index (χ2v) is 6.84. The zero-order chi connectivity index (χ0) is 13.4. The minimum atomic E-state index is 0.0661. The lowest BCUT2D eigenvalue weighted by Gasteiger charge is -2.24. The van der Waals surface area contributed by atoms with Gasteiger partial charge >= 0.3 is 0 Å². The number of likely N-dealkylation sites (tertiary alicyclic amines) is 1. The standard InChI is InChI=1S/C15H20N2OS/c1-10-6-11(8-16)9-17(10)15(18)14-7-12-4-2-3-5-13(12)19-14/h2-5,10-11,14H,6-9,16H2,1H3. The van der Waals surface area contributed by atoms with E-state index in [-0.39, 0.29) is 5.25 Å². The molecule has 0 saturated carbocycles. The highest BCUT2D eigenvalue weighted by Gasteiger charge is 2.37. The lowest BCUT2D eigenvalue weighted by molar-refractivity contribution is -0.131. The fraction of sp³-hybridized carbons (Fsp3) is 0.533. The van der Waals surface area contributed by atoms with Crippen LogP contribution in [0.25, 0.3) is 0 Å². The zero-order valence-electron chi connectivity index (χ0n) is 11.2. The van der Waals surface area contributed by atoms with E-state index >= 15 is 0 Å². The molecule has 19 heavy (non-hydrogen) atoms. The number of rotatable bonds is 2. The minimum absolute atomic E-state index is 0.0661. The van der Waals surface area contributed by atoms with Crippen molar-refractivity contribution in [2.45, 2.75) is 36.0 Å². The molecule has 1 fully saturated rings. The van der Waals surface area contributed by atoms with E-state index in [1.54, 1.807) is 11.8 Å². The molecule has 1 saturated heterocycles. The van der Waals surface area contributed by atoms with Crippen molar-refractivity contribution in [2.75, 3.05) is 13.1 Å². The molecule has 0 radical (unpaired) electrons. The number of fused-ring (bicyclic) bond motifs is 1. The van der Waals surface area contributed by atoms with Crippen LogP contribution in [0.5, 0.6) is 0 Å². The zero-order valence-corrected chi connectivity index (χ0v) is 12.0. The number of nitrogens with two attached hydrogens (primary N) is 1. The lowest BCUT2D eigenvalue weighted by Crippen LogP contribution is -2.40. The van der Waals surface area contributed by atoms with E-state index < -0.39 is 0 Å². The van der Waals surface area contributed by atoms with E-state index in [0.29, 0.717) is 24.4 Å². The van der Waals surface area contributed by atoms with Crippen LogP contribution in [0.15, 0.2) is 29.2 Å². The maximum absolute atomic E-state index is 12.7. The van der Waals surface area contributed by atoms with Crippen molar-refractivity contribution >= 4 is 17.7 Å². The molecule has 2 heterocycles. The summed E-state index contributed by atoms with van der Waals surface area (Å²) in [4.78, 5) is 16.0. The molecule has 0 bridgehead atoms. The van der Waals surface area contributed by atoms with Crippen LogP contribution in [0, 0.1) is 5.92 Å². The Kier molecular flexibility index (Phi) is 3.54. The molecule has 2 N–H and O–H groups in total. The van der Waals surface area contributed by atoms with E-state index in [1.165, 1.54) is 10.5 Å². The summed E-state index contributed by atoms with van der Waals surface area (Å²) in [5.74, 6) is 0.775. The van der Waals surface area contributed by atoms with Crippen molar-refractivity contribution < 1.29 is 4.79 Å². The molecule has 3 unspecified atom stereocenters. The number of nitrogens with zero attached hydrogens (tertiary/aromatic N) is 1. The molecule has 4 heteroatoms. The predicted octanol–water partition coefficient (Wildman–Crippen LogP) is 1.90. The van der Waals surface area contributed by atoms with Crippen LogP contribution >= 0.6 is 11.8 Å². The van der Waals surface area contributed by atoms with Gasteiger partial charge < -0.3 is 10.6 Å². The van der Waals surface area contributed by atoms with Gasteiger partial charge in [-0.3, -0.25) is 4.79 Å². The molecule has 0 spiro atoms. The Labute approximate surface area is 118 Å². The van der Waals surface area contributed by atoms with Gasteiger partial charge in [-0.05, 0) is 43.9 Å². The first-order valence-corrected chi connectivity index (χ1v) is 7.82. The second-order valence-electron chi connectivity index (χ2n) is 5.60. The first kappa shape index (κ1) is 13.0. The van der Waals surface area contributed by atoms with Crippen LogP contribution in [-0.2, 0) is 11.2 Å². The molecule has 0 aromatic heterocycles. The Morgan fingerprint density at radius 3 is 2.95 bits per heavy atom. The summed E-state index contributed by atoms with van der Waals surface area (Å²) in [6, 6.07) is 8.68. The van der Waals surface area contributed by atoms with Crippen LogP contribution < -0.4 is 5.73 Å². The maximum Gasteiger partial charge on any atom is 0.236 e. The number of carbonyl (C=O) groups is 1. The number of amides is 1. The smallest absolute Gasteiger partial charge is 0.236 e. The molecule has 1 aromatic rings. The molecule has 2 aliphatic heterocycles. The molecule has 2 aliphatic rings. The Morgan fingerprint density at radius 1 is 1.47 bits per heavy atom. The van der Waals surface area contributed by atoms with Gasteiger partial charge in [-0.2, -0.15) is 0 Å². The fourth-order valence-electron chi connectivity index (χ4n) is 3.13. The third-order valence-corrected chi connectivity index (χ3v) is 5.51. The molecular formula is C15H20N2OS. The van der Waals surface area contributed by atoms with Crippen molar-refractivity contribution in [3.63, 3.8) is 0 Å². The number of benzene rings is 1. The number of carbonyl (C=O) groups excluding carboxylic acids is 1. The van der Waals surface area contributed by atoms with E-state index in [0.717, 1.165) is 19.4 Å². The molecule has 0 aliphatic carbocycles. The molecular weight excluding hydrogens is 256 g/mol. The summed E-state index contributed by atoms with van der Waals surface area (Å²) in [7, 11) is 0. The van der Waals surface area contributed by atoms with Crippen LogP contribution in [0.1, 0.15) is 18.9 Å². The van der Waals surface area contributed by atoms with Crippen molar-refractivity contribution in [3.8, 4) is 0 Å². The van der Waals surface area contributed by atoms with Gasteiger partial charge in [-0.1, -0.05) is 18.2 Å². The molecule has 3 nitrogen and oxygen atoms in total. The average molecular weight is 276 g/mol. The normalized spacial score (nSPS) is 29.6.